The van der Waals surface area contributed by atoms with Crippen LogP contribution in [-0.4, -0.2) is 35.9 Å². The van der Waals surface area contributed by atoms with E-state index in [0.717, 1.165) is 51.9 Å². The van der Waals surface area contributed by atoms with Crippen molar-refractivity contribution in [2.75, 3.05) is 31.2 Å². The van der Waals surface area contributed by atoms with Crippen LogP contribution < -0.4 is 10.5 Å². The molecule has 4 heterocycles. The van der Waals surface area contributed by atoms with Gasteiger partial charge in [-0.2, -0.15) is 0 Å². The number of nitrogens with zero attached hydrogens (tertiary/aromatic N) is 3. The summed E-state index contributed by atoms with van der Waals surface area (Å²) in [7, 11) is 0. The number of thiophene rings is 1. The Morgan fingerprint density at radius 2 is 1.93 bits per heavy atom. The molecule has 142 valence electrons. The minimum atomic E-state index is 0.0843. The molecule has 1 aliphatic rings. The molecule has 0 radical (unpaired) electrons. The van der Waals surface area contributed by atoms with E-state index in [0.29, 0.717) is 19.8 Å². The van der Waals surface area contributed by atoms with Crippen LogP contribution in [0.2, 0.25) is 0 Å². The van der Waals surface area contributed by atoms with E-state index in [4.69, 9.17) is 9.72 Å². The molecule has 0 bridgehead atoms. The number of aromatic nitrogens is 2. The van der Waals surface area contributed by atoms with Gasteiger partial charge < -0.3 is 14.2 Å². The quantitative estimate of drug-likeness (QED) is 0.532. The zero-order valence-corrected chi connectivity index (χ0v) is 16.3. The predicted molar refractivity (Wildman–Crippen MR) is 115 cm³/mol. The molecule has 1 saturated heterocycles. The molecule has 1 aliphatic heterocycles. The predicted octanol–water partition coefficient (Wildman–Crippen LogP) is 3.69. The molecule has 4 aromatic rings. The fourth-order valence-corrected chi connectivity index (χ4v) is 4.72. The average molecular weight is 391 g/mol. The lowest BCUT2D eigenvalue weighted by atomic mass is 10.2. The van der Waals surface area contributed by atoms with Gasteiger partial charge in [0.15, 0.2) is 0 Å². The molecule has 28 heavy (non-hydrogen) atoms. The third kappa shape index (κ3) is 3.19. The molecular formula is C22H21N3O2S. The molecule has 1 fully saturated rings. The zero-order chi connectivity index (χ0) is 18.9. The molecule has 5 nitrogen and oxygen atoms in total. The van der Waals surface area contributed by atoms with E-state index in [9.17, 15) is 4.79 Å². The second kappa shape index (κ2) is 7.37. The fraction of sp³-hybridized carbons (Fsp3) is 0.273. The molecule has 0 unspecified atom stereocenters. The molecule has 0 spiro atoms. The normalized spacial score (nSPS) is 14.8. The van der Waals surface area contributed by atoms with Gasteiger partial charge in [0, 0.05) is 53.4 Å². The van der Waals surface area contributed by atoms with Gasteiger partial charge in [0.25, 0.3) is 5.56 Å². The van der Waals surface area contributed by atoms with Gasteiger partial charge in [-0.1, -0.05) is 24.3 Å². The number of anilines is 1. The van der Waals surface area contributed by atoms with Gasteiger partial charge in [-0.25, -0.2) is 0 Å². The minimum Gasteiger partial charge on any atom is -0.378 e. The Labute approximate surface area is 166 Å². The third-order valence-corrected chi connectivity index (χ3v) is 6.23. The van der Waals surface area contributed by atoms with Gasteiger partial charge in [-0.05, 0) is 18.2 Å². The lowest BCUT2D eigenvalue weighted by Crippen LogP contribution is -2.36. The summed E-state index contributed by atoms with van der Waals surface area (Å²) < 4.78 is 8.32. The highest BCUT2D eigenvalue weighted by atomic mass is 32.1. The second-order valence-electron chi connectivity index (χ2n) is 7.02. The number of hydrogen-bond donors (Lipinski definition) is 0. The number of benzene rings is 1. The van der Waals surface area contributed by atoms with Gasteiger partial charge in [0.05, 0.1) is 29.8 Å². The van der Waals surface area contributed by atoms with Crippen molar-refractivity contribution >= 4 is 38.0 Å². The van der Waals surface area contributed by atoms with E-state index < -0.39 is 0 Å². The highest BCUT2D eigenvalue weighted by Crippen LogP contribution is 2.30. The summed E-state index contributed by atoms with van der Waals surface area (Å²) in [6.07, 6.45) is 2.64. The van der Waals surface area contributed by atoms with Crippen LogP contribution in [0.3, 0.4) is 0 Å². The van der Waals surface area contributed by atoms with Crippen LogP contribution >= 0.6 is 11.3 Å². The highest BCUT2D eigenvalue weighted by molar-refractivity contribution is 7.17. The van der Waals surface area contributed by atoms with E-state index in [-0.39, 0.29) is 5.56 Å². The van der Waals surface area contributed by atoms with E-state index >= 15 is 0 Å². The number of hydrogen-bond acceptors (Lipinski definition) is 5. The number of pyridine rings is 2. The van der Waals surface area contributed by atoms with Gasteiger partial charge in [0.1, 0.15) is 0 Å². The van der Waals surface area contributed by atoms with Crippen molar-refractivity contribution in [2.45, 2.75) is 13.0 Å². The van der Waals surface area contributed by atoms with Crippen LogP contribution in [0.25, 0.3) is 21.0 Å². The first-order valence-electron chi connectivity index (χ1n) is 9.57. The number of morpholine rings is 1. The Morgan fingerprint density at radius 1 is 1.07 bits per heavy atom. The first kappa shape index (κ1) is 17.4. The number of rotatable bonds is 4. The van der Waals surface area contributed by atoms with Crippen LogP contribution in [0, 0.1) is 0 Å². The van der Waals surface area contributed by atoms with Crippen molar-refractivity contribution in [3.8, 4) is 0 Å². The molecule has 0 saturated carbocycles. The number of para-hydroxylation sites is 1. The molecule has 3 aromatic heterocycles. The summed E-state index contributed by atoms with van der Waals surface area (Å²) in [4.78, 5) is 20.2. The smallest absolute Gasteiger partial charge is 0.261 e. The molecule has 0 atom stereocenters. The van der Waals surface area contributed by atoms with E-state index in [1.165, 1.54) is 0 Å². The first-order chi connectivity index (χ1) is 13.8. The standard InChI is InChI=1S/C22H21N3O2S/c26-22-21-19(24-11-13-27-14-12-24)15-28-20(21)8-10-25(22)9-7-17-6-5-16-3-1-2-4-18(16)23-17/h1-6,8,10,15H,7,9,11-14H2. The molecule has 0 N–H and O–H groups in total. The average Bonchev–Trinajstić information content (AvgIpc) is 3.19. The molecule has 1 aromatic carbocycles. The summed E-state index contributed by atoms with van der Waals surface area (Å²) >= 11 is 1.64. The van der Waals surface area contributed by atoms with Gasteiger partial charge in [0.2, 0.25) is 0 Å². The minimum absolute atomic E-state index is 0.0843. The largest absolute Gasteiger partial charge is 0.378 e. The van der Waals surface area contributed by atoms with Crippen LogP contribution in [0.4, 0.5) is 5.69 Å². The molecule has 5 rings (SSSR count). The molecule has 6 heteroatoms. The van der Waals surface area contributed by atoms with Crippen molar-refractivity contribution < 1.29 is 4.74 Å². The number of ether oxygens (including phenoxy) is 1. The fourth-order valence-electron chi connectivity index (χ4n) is 3.77. The summed E-state index contributed by atoms with van der Waals surface area (Å²) in [5.41, 5.74) is 3.13. The Hall–Kier alpha value is -2.70. The summed E-state index contributed by atoms with van der Waals surface area (Å²) in [6, 6.07) is 14.3. The van der Waals surface area contributed by atoms with Crippen LogP contribution in [0.5, 0.6) is 0 Å². The van der Waals surface area contributed by atoms with Gasteiger partial charge in [-0.15, -0.1) is 11.3 Å². The van der Waals surface area contributed by atoms with Crippen molar-refractivity contribution in [1.82, 2.24) is 9.55 Å². The summed E-state index contributed by atoms with van der Waals surface area (Å²) in [6.45, 7) is 3.72. The Bertz CT molecular complexity index is 1190. The summed E-state index contributed by atoms with van der Waals surface area (Å²) in [5, 5.41) is 4.08. The lowest BCUT2D eigenvalue weighted by molar-refractivity contribution is 0.123. The van der Waals surface area contributed by atoms with Gasteiger partial charge in [-0.3, -0.25) is 9.78 Å². The third-order valence-electron chi connectivity index (χ3n) is 5.30. The zero-order valence-electron chi connectivity index (χ0n) is 15.5. The summed E-state index contributed by atoms with van der Waals surface area (Å²) in [5.74, 6) is 0. The Balaban J connectivity index is 1.43. The van der Waals surface area contributed by atoms with Crippen molar-refractivity contribution in [3.63, 3.8) is 0 Å². The monoisotopic (exact) mass is 391 g/mol. The Kier molecular flexibility index (Phi) is 4.58. The second-order valence-corrected chi connectivity index (χ2v) is 7.93. The number of fused-ring (bicyclic) bond motifs is 2. The van der Waals surface area contributed by atoms with E-state index in [2.05, 4.69) is 34.5 Å². The number of aryl methyl sites for hydroxylation is 2. The SMILES string of the molecule is O=c1c2c(N3CCOCC3)csc2ccn1CCc1ccc2ccccc2n1. The molecule has 0 aliphatic carbocycles. The maximum Gasteiger partial charge on any atom is 0.261 e. The topological polar surface area (TPSA) is 47.4 Å². The van der Waals surface area contributed by atoms with Crippen molar-refractivity contribution in [3.05, 3.63) is 70.1 Å². The van der Waals surface area contributed by atoms with Crippen LogP contribution in [0.15, 0.2) is 58.8 Å². The molecular weight excluding hydrogens is 370 g/mol. The maximum atomic E-state index is 13.2. The molecule has 0 amide bonds. The van der Waals surface area contributed by atoms with Crippen molar-refractivity contribution in [2.24, 2.45) is 0 Å². The maximum absolute atomic E-state index is 13.2. The van der Waals surface area contributed by atoms with E-state index in [1.54, 1.807) is 11.3 Å². The van der Waals surface area contributed by atoms with Crippen LogP contribution in [0.1, 0.15) is 5.69 Å². The highest BCUT2D eigenvalue weighted by Gasteiger charge is 2.18. The van der Waals surface area contributed by atoms with Gasteiger partial charge >= 0.3 is 0 Å². The Morgan fingerprint density at radius 3 is 2.82 bits per heavy atom. The first-order valence-corrected chi connectivity index (χ1v) is 10.5. The van der Waals surface area contributed by atoms with Crippen molar-refractivity contribution in [1.29, 1.82) is 0 Å². The lowest BCUT2D eigenvalue weighted by Gasteiger charge is -2.28. The van der Waals surface area contributed by atoms with E-state index in [1.807, 2.05) is 29.0 Å². The van der Waals surface area contributed by atoms with Crippen LogP contribution in [-0.2, 0) is 17.7 Å².